The molecule has 0 aliphatic carbocycles. The third kappa shape index (κ3) is 9.05. The van der Waals surface area contributed by atoms with Crippen LogP contribution in [0.4, 0.5) is 0 Å². The van der Waals surface area contributed by atoms with Gasteiger partial charge in [0.25, 0.3) is 0 Å². The van der Waals surface area contributed by atoms with Gasteiger partial charge in [-0.2, -0.15) is 5.10 Å². The lowest BCUT2D eigenvalue weighted by Gasteiger charge is -2.26. The summed E-state index contributed by atoms with van der Waals surface area (Å²) in [5.74, 6) is 1.33. The summed E-state index contributed by atoms with van der Waals surface area (Å²) < 4.78 is 26.9. The molecule has 0 saturated heterocycles. The Kier molecular flexibility index (Phi) is 8.98. The fourth-order valence-electron chi connectivity index (χ4n) is 1.80. The smallest absolute Gasteiger partial charge is 0.209 e. The Morgan fingerprint density at radius 2 is 2.04 bits per heavy atom. The molecule has 1 rings (SSSR count). The number of aromatic nitrogens is 3. The van der Waals surface area contributed by atoms with E-state index in [0.717, 1.165) is 12.1 Å². The fourth-order valence-corrected chi connectivity index (χ4v) is 2.87. The van der Waals surface area contributed by atoms with Gasteiger partial charge < -0.3 is 10.6 Å². The molecule has 9 nitrogen and oxygen atoms in total. The molecule has 134 valence electrons. The van der Waals surface area contributed by atoms with Crippen LogP contribution >= 0.6 is 24.0 Å². The number of aryl methyl sites for hydroxylation is 1. The number of hydrogen-bond donors (Lipinski definition) is 3. The summed E-state index contributed by atoms with van der Waals surface area (Å²) in [4.78, 5) is 8.51. The second kappa shape index (κ2) is 9.37. The van der Waals surface area contributed by atoms with Crippen molar-refractivity contribution in [1.82, 2.24) is 30.1 Å². The van der Waals surface area contributed by atoms with E-state index in [1.807, 2.05) is 6.92 Å². The Balaban J connectivity index is 0.00000484. The zero-order chi connectivity index (χ0) is 16.8. The number of sulfonamides is 1. The van der Waals surface area contributed by atoms with Crippen molar-refractivity contribution in [2.75, 3.05) is 19.3 Å². The number of guanidine groups is 1. The van der Waals surface area contributed by atoms with Crippen molar-refractivity contribution in [2.24, 2.45) is 12.0 Å². The van der Waals surface area contributed by atoms with E-state index in [9.17, 15) is 8.42 Å². The van der Waals surface area contributed by atoms with E-state index >= 15 is 0 Å². The maximum Gasteiger partial charge on any atom is 0.209 e. The zero-order valence-electron chi connectivity index (χ0n) is 14.1. The number of rotatable bonds is 7. The fraction of sp³-hybridized carbons (Fsp3) is 0.750. The normalized spacial score (nSPS) is 12.7. The molecule has 0 aliphatic heterocycles. The first-order valence-corrected chi connectivity index (χ1v) is 8.86. The number of hydrogen-bond acceptors (Lipinski definition) is 5. The van der Waals surface area contributed by atoms with E-state index in [1.54, 1.807) is 25.6 Å². The van der Waals surface area contributed by atoms with Crippen molar-refractivity contribution in [3.8, 4) is 0 Å². The summed E-state index contributed by atoms with van der Waals surface area (Å²) in [5, 5.41) is 10.2. The van der Waals surface area contributed by atoms with Crippen molar-refractivity contribution in [3.63, 3.8) is 0 Å². The van der Waals surface area contributed by atoms with Crippen molar-refractivity contribution >= 4 is 40.0 Å². The number of nitrogens with one attached hydrogen (secondary N) is 3. The zero-order valence-corrected chi connectivity index (χ0v) is 17.3. The molecule has 1 aromatic rings. The average molecular weight is 459 g/mol. The summed E-state index contributed by atoms with van der Waals surface area (Å²) in [6, 6.07) is 0. The van der Waals surface area contributed by atoms with E-state index in [-0.39, 0.29) is 24.0 Å². The minimum atomic E-state index is -3.27. The maximum absolute atomic E-state index is 11.3. The minimum Gasteiger partial charge on any atom is -0.357 e. The molecule has 23 heavy (non-hydrogen) atoms. The van der Waals surface area contributed by atoms with Crippen LogP contribution in [0.1, 0.15) is 26.6 Å². The second-order valence-corrected chi connectivity index (χ2v) is 7.36. The van der Waals surface area contributed by atoms with Gasteiger partial charge in [-0.3, -0.25) is 4.68 Å². The summed E-state index contributed by atoms with van der Waals surface area (Å²) in [7, 11) is -1.46. The Hall–Kier alpha value is -0.950. The predicted molar refractivity (Wildman–Crippen MR) is 101 cm³/mol. The quantitative estimate of drug-likeness (QED) is 0.296. The molecule has 0 amide bonds. The molecule has 0 bridgehead atoms. The van der Waals surface area contributed by atoms with Crippen LogP contribution in [-0.4, -0.2) is 54.0 Å². The lowest BCUT2D eigenvalue weighted by atomic mass is 10.1. The van der Waals surface area contributed by atoms with E-state index < -0.39 is 15.6 Å². The molecule has 0 aromatic carbocycles. The molecular weight excluding hydrogens is 433 g/mol. The SMILES string of the molecule is CCNC(=NCc1ncnn1C)NCC(C)(C)NS(C)(=O)=O.I. The molecule has 0 fully saturated rings. The van der Waals surface area contributed by atoms with Gasteiger partial charge in [0, 0.05) is 25.7 Å². The minimum absolute atomic E-state index is 0. The molecule has 1 aromatic heterocycles. The monoisotopic (exact) mass is 459 g/mol. The lowest BCUT2D eigenvalue weighted by Crippen LogP contribution is -2.53. The lowest BCUT2D eigenvalue weighted by molar-refractivity contribution is 0.446. The highest BCUT2D eigenvalue weighted by Crippen LogP contribution is 2.02. The van der Waals surface area contributed by atoms with Gasteiger partial charge >= 0.3 is 0 Å². The summed E-state index contributed by atoms with van der Waals surface area (Å²) in [6.07, 6.45) is 2.62. The molecule has 3 N–H and O–H groups in total. The third-order valence-electron chi connectivity index (χ3n) is 2.69. The topological polar surface area (TPSA) is 113 Å². The number of aliphatic imine (C=N–C) groups is 1. The van der Waals surface area contributed by atoms with E-state index in [4.69, 9.17) is 0 Å². The summed E-state index contributed by atoms with van der Waals surface area (Å²) >= 11 is 0. The van der Waals surface area contributed by atoms with E-state index in [0.29, 0.717) is 25.6 Å². The van der Waals surface area contributed by atoms with Crippen LogP contribution in [-0.2, 0) is 23.6 Å². The van der Waals surface area contributed by atoms with Crippen LogP contribution in [0.25, 0.3) is 0 Å². The average Bonchev–Trinajstić information content (AvgIpc) is 2.75. The predicted octanol–water partition coefficient (Wildman–Crippen LogP) is -0.184. The van der Waals surface area contributed by atoms with Crippen molar-refractivity contribution in [1.29, 1.82) is 0 Å². The van der Waals surface area contributed by atoms with E-state index in [1.165, 1.54) is 6.33 Å². The van der Waals surface area contributed by atoms with E-state index in [2.05, 4.69) is 30.4 Å². The first-order chi connectivity index (χ1) is 10.1. The van der Waals surface area contributed by atoms with Gasteiger partial charge in [-0.05, 0) is 20.8 Å². The van der Waals surface area contributed by atoms with Crippen LogP contribution in [0, 0.1) is 0 Å². The van der Waals surface area contributed by atoms with Gasteiger partial charge in [-0.25, -0.2) is 23.1 Å². The molecule has 0 spiro atoms. The van der Waals surface area contributed by atoms with Crippen LogP contribution in [0.3, 0.4) is 0 Å². The maximum atomic E-state index is 11.3. The molecular formula is C12H26IN7O2S. The Labute approximate surface area is 154 Å². The van der Waals surface area contributed by atoms with Gasteiger partial charge in [0.2, 0.25) is 10.0 Å². The third-order valence-corrected chi connectivity index (χ3v) is 3.61. The first-order valence-electron chi connectivity index (χ1n) is 6.97. The highest BCUT2D eigenvalue weighted by Gasteiger charge is 2.22. The highest BCUT2D eigenvalue weighted by atomic mass is 127. The van der Waals surface area contributed by atoms with Crippen molar-refractivity contribution < 1.29 is 8.42 Å². The van der Waals surface area contributed by atoms with Gasteiger partial charge in [0.05, 0.1) is 6.26 Å². The van der Waals surface area contributed by atoms with Gasteiger partial charge in [0.1, 0.15) is 18.7 Å². The Morgan fingerprint density at radius 3 is 2.52 bits per heavy atom. The molecule has 1 heterocycles. The second-order valence-electron chi connectivity index (χ2n) is 5.61. The van der Waals surface area contributed by atoms with Crippen molar-refractivity contribution in [3.05, 3.63) is 12.2 Å². The molecule has 0 radical (unpaired) electrons. The molecule has 0 aliphatic rings. The van der Waals surface area contributed by atoms with Crippen LogP contribution in [0.2, 0.25) is 0 Å². The van der Waals surface area contributed by atoms with Crippen LogP contribution in [0.5, 0.6) is 0 Å². The van der Waals surface area contributed by atoms with Gasteiger partial charge in [-0.1, -0.05) is 0 Å². The first kappa shape index (κ1) is 22.1. The molecule has 0 saturated carbocycles. The molecule has 0 unspecified atom stereocenters. The Bertz CT molecular complexity index is 613. The highest BCUT2D eigenvalue weighted by molar-refractivity contribution is 14.0. The molecule has 0 atom stereocenters. The largest absolute Gasteiger partial charge is 0.357 e. The summed E-state index contributed by atoms with van der Waals surface area (Å²) in [6.45, 7) is 7.03. The van der Waals surface area contributed by atoms with Crippen LogP contribution in [0.15, 0.2) is 11.3 Å². The van der Waals surface area contributed by atoms with Crippen LogP contribution < -0.4 is 15.4 Å². The van der Waals surface area contributed by atoms with Gasteiger partial charge in [-0.15, -0.1) is 24.0 Å². The summed E-state index contributed by atoms with van der Waals surface area (Å²) in [5.41, 5.74) is -0.630. The number of halogens is 1. The number of nitrogens with zero attached hydrogens (tertiary/aromatic N) is 4. The van der Waals surface area contributed by atoms with Gasteiger partial charge in [0.15, 0.2) is 5.96 Å². The Morgan fingerprint density at radius 1 is 1.39 bits per heavy atom. The standard InChI is InChI=1S/C12H25N7O2S.HI/c1-6-13-11(14-7-10-16-9-17-19(10)4)15-8-12(2,3)18-22(5,20)21;/h9,18H,6-8H2,1-5H3,(H2,13,14,15);1H. The van der Waals surface area contributed by atoms with Crippen molar-refractivity contribution in [2.45, 2.75) is 32.9 Å². The molecule has 11 heteroatoms.